The van der Waals surface area contributed by atoms with Gasteiger partial charge in [0, 0.05) is 12.6 Å². The van der Waals surface area contributed by atoms with Crippen molar-refractivity contribution in [1.82, 2.24) is 40.0 Å². The lowest BCUT2D eigenvalue weighted by atomic mass is 9.87. The summed E-state index contributed by atoms with van der Waals surface area (Å²) in [6, 6.07) is 12.1. The molecule has 0 amide bonds. The maximum atomic E-state index is 4.35. The standard InChI is InChI=1S/C17H18N8S/c1-17(2,3)12-7-5-11(6-8-12)15-19-20-16(24(15)4)26-14-10-9-13-18-22-23-25(13)21-14/h5-10H,1-4H3. The Morgan fingerprint density at radius 1 is 0.923 bits per heavy atom. The molecule has 132 valence electrons. The monoisotopic (exact) mass is 366 g/mol. The molecule has 0 atom stereocenters. The van der Waals surface area contributed by atoms with Crippen molar-refractivity contribution in [3.05, 3.63) is 42.0 Å². The molecule has 0 unspecified atom stereocenters. The average molecular weight is 366 g/mol. The normalized spacial score (nSPS) is 12.0. The Hall–Kier alpha value is -2.81. The second-order valence-corrected chi connectivity index (χ2v) is 7.98. The highest BCUT2D eigenvalue weighted by Crippen LogP contribution is 2.29. The van der Waals surface area contributed by atoms with Crippen LogP contribution in [0.3, 0.4) is 0 Å². The van der Waals surface area contributed by atoms with Gasteiger partial charge in [-0.2, -0.15) is 0 Å². The quantitative estimate of drug-likeness (QED) is 0.551. The summed E-state index contributed by atoms with van der Waals surface area (Å²) < 4.78 is 3.35. The van der Waals surface area contributed by atoms with Gasteiger partial charge in [-0.3, -0.25) is 0 Å². The molecule has 0 radical (unpaired) electrons. The van der Waals surface area contributed by atoms with E-state index in [1.807, 2.05) is 23.7 Å². The molecular formula is C17H18N8S. The van der Waals surface area contributed by atoms with Crippen molar-refractivity contribution < 1.29 is 0 Å². The number of tetrazole rings is 1. The SMILES string of the molecule is Cn1c(Sc2ccc3nnnn3n2)nnc1-c1ccc(C(C)(C)C)cc1. The molecule has 3 heterocycles. The number of hydrogen-bond donors (Lipinski definition) is 0. The second-order valence-electron chi connectivity index (χ2n) is 6.99. The molecule has 4 rings (SSSR count). The molecule has 4 aromatic rings. The molecule has 0 aliphatic carbocycles. The summed E-state index contributed by atoms with van der Waals surface area (Å²) in [6.45, 7) is 6.61. The third-order valence-electron chi connectivity index (χ3n) is 4.08. The van der Waals surface area contributed by atoms with Crippen molar-refractivity contribution in [3.63, 3.8) is 0 Å². The molecule has 8 nitrogen and oxygen atoms in total. The average Bonchev–Trinajstić information content (AvgIpc) is 3.21. The van der Waals surface area contributed by atoms with Crippen LogP contribution in [0, 0.1) is 0 Å². The molecule has 1 aromatic carbocycles. The molecule has 3 aromatic heterocycles. The van der Waals surface area contributed by atoms with Crippen molar-refractivity contribution in [1.29, 1.82) is 0 Å². The van der Waals surface area contributed by atoms with Crippen LogP contribution in [-0.4, -0.2) is 40.0 Å². The van der Waals surface area contributed by atoms with E-state index < -0.39 is 0 Å². The largest absolute Gasteiger partial charge is 0.305 e. The zero-order valence-electron chi connectivity index (χ0n) is 15.0. The van der Waals surface area contributed by atoms with Gasteiger partial charge in [0.25, 0.3) is 0 Å². The van der Waals surface area contributed by atoms with Gasteiger partial charge in [0.05, 0.1) is 0 Å². The first-order valence-electron chi connectivity index (χ1n) is 8.15. The first-order chi connectivity index (χ1) is 12.4. The van der Waals surface area contributed by atoms with Crippen molar-refractivity contribution in [2.24, 2.45) is 7.05 Å². The van der Waals surface area contributed by atoms with Crippen LogP contribution in [-0.2, 0) is 12.5 Å². The molecule has 9 heteroatoms. The van der Waals surface area contributed by atoms with Crippen molar-refractivity contribution in [2.45, 2.75) is 36.4 Å². The molecule has 0 bridgehead atoms. The fourth-order valence-electron chi connectivity index (χ4n) is 2.56. The van der Waals surface area contributed by atoms with Gasteiger partial charge in [0.15, 0.2) is 16.6 Å². The van der Waals surface area contributed by atoms with Gasteiger partial charge in [-0.25, -0.2) is 0 Å². The lowest BCUT2D eigenvalue weighted by Gasteiger charge is -2.19. The minimum atomic E-state index is 0.125. The summed E-state index contributed by atoms with van der Waals surface area (Å²) in [5.41, 5.74) is 3.05. The summed E-state index contributed by atoms with van der Waals surface area (Å²) in [5, 5.41) is 25.7. The van der Waals surface area contributed by atoms with Crippen LogP contribution < -0.4 is 0 Å². The van der Waals surface area contributed by atoms with E-state index in [0.717, 1.165) is 21.6 Å². The van der Waals surface area contributed by atoms with Gasteiger partial charge in [-0.1, -0.05) is 45.0 Å². The van der Waals surface area contributed by atoms with Crippen LogP contribution in [0.15, 0.2) is 46.6 Å². The molecule has 0 aliphatic rings. The fourth-order valence-corrected chi connectivity index (χ4v) is 3.30. The first kappa shape index (κ1) is 16.6. The Balaban J connectivity index is 1.61. The van der Waals surface area contributed by atoms with Gasteiger partial charge in [0.2, 0.25) is 0 Å². The van der Waals surface area contributed by atoms with Gasteiger partial charge >= 0.3 is 0 Å². The zero-order chi connectivity index (χ0) is 18.3. The van der Waals surface area contributed by atoms with Crippen LogP contribution in [0.5, 0.6) is 0 Å². The molecule has 0 saturated heterocycles. The molecular weight excluding hydrogens is 348 g/mol. The van der Waals surface area contributed by atoms with Crippen LogP contribution in [0.25, 0.3) is 17.0 Å². The van der Waals surface area contributed by atoms with Gasteiger partial charge < -0.3 is 4.57 Å². The Labute approximate surface area is 154 Å². The summed E-state index contributed by atoms with van der Waals surface area (Å²) in [6.07, 6.45) is 0. The number of aromatic nitrogens is 8. The van der Waals surface area contributed by atoms with E-state index in [0.29, 0.717) is 5.65 Å². The van der Waals surface area contributed by atoms with Gasteiger partial charge in [0.1, 0.15) is 5.03 Å². The highest BCUT2D eigenvalue weighted by molar-refractivity contribution is 7.99. The van der Waals surface area contributed by atoms with Gasteiger partial charge in [-0.15, -0.1) is 25.0 Å². The minimum Gasteiger partial charge on any atom is -0.305 e. The van der Waals surface area contributed by atoms with Crippen molar-refractivity contribution in [2.75, 3.05) is 0 Å². The number of nitrogens with zero attached hydrogens (tertiary/aromatic N) is 8. The molecule has 0 aliphatic heterocycles. The summed E-state index contributed by atoms with van der Waals surface area (Å²) in [5.74, 6) is 0.816. The van der Waals surface area contributed by atoms with Crippen LogP contribution in [0.2, 0.25) is 0 Å². The van der Waals surface area contributed by atoms with Crippen molar-refractivity contribution >= 4 is 17.4 Å². The number of hydrogen-bond acceptors (Lipinski definition) is 7. The molecule has 0 fully saturated rings. The van der Waals surface area contributed by atoms with E-state index in [9.17, 15) is 0 Å². The highest BCUT2D eigenvalue weighted by Gasteiger charge is 2.16. The summed E-state index contributed by atoms with van der Waals surface area (Å²) in [4.78, 5) is 0. The minimum absolute atomic E-state index is 0.125. The van der Waals surface area contributed by atoms with E-state index in [1.165, 1.54) is 22.0 Å². The molecule has 0 N–H and O–H groups in total. The van der Waals surface area contributed by atoms with E-state index in [1.54, 1.807) is 0 Å². The predicted molar refractivity (Wildman–Crippen MR) is 97.8 cm³/mol. The fraction of sp³-hybridized carbons (Fsp3) is 0.294. The van der Waals surface area contributed by atoms with E-state index >= 15 is 0 Å². The predicted octanol–water partition coefficient (Wildman–Crippen LogP) is 2.76. The van der Waals surface area contributed by atoms with E-state index in [4.69, 9.17) is 0 Å². The molecule has 0 saturated carbocycles. The van der Waals surface area contributed by atoms with Crippen LogP contribution in [0.1, 0.15) is 26.3 Å². The zero-order valence-corrected chi connectivity index (χ0v) is 15.8. The summed E-state index contributed by atoms with van der Waals surface area (Å²) >= 11 is 1.42. The lowest BCUT2D eigenvalue weighted by Crippen LogP contribution is -2.10. The summed E-state index contributed by atoms with van der Waals surface area (Å²) in [7, 11) is 1.95. The number of benzene rings is 1. The Morgan fingerprint density at radius 2 is 1.69 bits per heavy atom. The van der Waals surface area contributed by atoms with Crippen LogP contribution in [0.4, 0.5) is 0 Å². The van der Waals surface area contributed by atoms with E-state index in [-0.39, 0.29) is 5.41 Å². The molecule has 26 heavy (non-hydrogen) atoms. The topological polar surface area (TPSA) is 86.7 Å². The number of fused-ring (bicyclic) bond motifs is 1. The first-order valence-corrected chi connectivity index (χ1v) is 8.97. The van der Waals surface area contributed by atoms with Crippen LogP contribution >= 0.6 is 11.8 Å². The highest BCUT2D eigenvalue weighted by atomic mass is 32.2. The Morgan fingerprint density at radius 3 is 2.42 bits per heavy atom. The molecule has 0 spiro atoms. The maximum absolute atomic E-state index is 4.35. The lowest BCUT2D eigenvalue weighted by molar-refractivity contribution is 0.590. The smallest absolute Gasteiger partial charge is 0.200 e. The third-order valence-corrected chi connectivity index (χ3v) is 5.05. The maximum Gasteiger partial charge on any atom is 0.200 e. The Kier molecular flexibility index (Phi) is 3.95. The Bertz CT molecular complexity index is 1060. The second kappa shape index (κ2) is 6.17. The van der Waals surface area contributed by atoms with Crippen molar-refractivity contribution in [3.8, 4) is 11.4 Å². The van der Waals surface area contributed by atoms with E-state index in [2.05, 4.69) is 75.9 Å². The number of rotatable bonds is 3. The van der Waals surface area contributed by atoms with Gasteiger partial charge in [-0.05, 0) is 45.3 Å². The third kappa shape index (κ3) is 3.05.